The van der Waals surface area contributed by atoms with Gasteiger partial charge < -0.3 is 5.73 Å². The van der Waals surface area contributed by atoms with Crippen LogP contribution < -0.4 is 5.73 Å². The van der Waals surface area contributed by atoms with Gasteiger partial charge in [-0.1, -0.05) is 18.2 Å². The normalized spacial score (nSPS) is 11.6. The maximum Gasteiger partial charge on any atom is 0.227 e. The Kier molecular flexibility index (Phi) is 4.49. The molecule has 5 heteroatoms. The standard InChI is InChI=1S/C13H13N3O.ClH/c1-9(17)16-8-11(12(15)6-7-14)10-4-2-3-5-13(10)16;/h2-5,8,12H,6,15H2,1H3;1H/t12-;/m1./s1. The minimum atomic E-state index is -0.356. The molecule has 0 bridgehead atoms. The fraction of sp³-hybridized carbons (Fsp3) is 0.231. The Morgan fingerprint density at radius 2 is 2.17 bits per heavy atom. The van der Waals surface area contributed by atoms with E-state index in [4.69, 9.17) is 11.0 Å². The molecule has 94 valence electrons. The van der Waals surface area contributed by atoms with Gasteiger partial charge >= 0.3 is 0 Å². The van der Waals surface area contributed by atoms with Crippen LogP contribution in [0.15, 0.2) is 30.5 Å². The Labute approximate surface area is 111 Å². The van der Waals surface area contributed by atoms with Gasteiger partial charge in [0.25, 0.3) is 0 Å². The molecular weight excluding hydrogens is 250 g/mol. The van der Waals surface area contributed by atoms with Crippen LogP contribution in [0.3, 0.4) is 0 Å². The number of aromatic nitrogens is 1. The first-order valence-electron chi connectivity index (χ1n) is 5.38. The summed E-state index contributed by atoms with van der Waals surface area (Å²) >= 11 is 0. The smallest absolute Gasteiger partial charge is 0.227 e. The van der Waals surface area contributed by atoms with Crippen LogP contribution in [0.4, 0.5) is 0 Å². The predicted octanol–water partition coefficient (Wildman–Crippen LogP) is 2.64. The third kappa shape index (κ3) is 2.37. The van der Waals surface area contributed by atoms with Crippen LogP contribution in [0.5, 0.6) is 0 Å². The van der Waals surface area contributed by atoms with Gasteiger partial charge in [-0.3, -0.25) is 9.36 Å². The molecule has 0 unspecified atom stereocenters. The second-order valence-electron chi connectivity index (χ2n) is 3.96. The average molecular weight is 264 g/mol. The summed E-state index contributed by atoms with van der Waals surface area (Å²) in [7, 11) is 0. The van der Waals surface area contributed by atoms with Gasteiger partial charge in [0.05, 0.1) is 18.0 Å². The highest BCUT2D eigenvalue weighted by molar-refractivity contribution is 5.93. The molecule has 0 spiro atoms. The number of hydrogen-bond acceptors (Lipinski definition) is 3. The highest BCUT2D eigenvalue weighted by Crippen LogP contribution is 2.26. The summed E-state index contributed by atoms with van der Waals surface area (Å²) in [6.07, 6.45) is 1.97. The van der Waals surface area contributed by atoms with Gasteiger partial charge in [-0.05, 0) is 11.6 Å². The van der Waals surface area contributed by atoms with Crippen molar-refractivity contribution < 1.29 is 4.79 Å². The van der Waals surface area contributed by atoms with Crippen molar-refractivity contribution in [3.63, 3.8) is 0 Å². The van der Waals surface area contributed by atoms with Crippen LogP contribution in [0, 0.1) is 11.3 Å². The summed E-state index contributed by atoms with van der Waals surface area (Å²) < 4.78 is 1.57. The maximum atomic E-state index is 11.5. The third-order valence-electron chi connectivity index (χ3n) is 2.79. The molecule has 1 heterocycles. The lowest BCUT2D eigenvalue weighted by Gasteiger charge is -2.04. The molecule has 18 heavy (non-hydrogen) atoms. The zero-order chi connectivity index (χ0) is 12.4. The number of fused-ring (bicyclic) bond motifs is 1. The quantitative estimate of drug-likeness (QED) is 0.905. The molecule has 0 fully saturated rings. The van der Waals surface area contributed by atoms with E-state index in [2.05, 4.69) is 0 Å². The monoisotopic (exact) mass is 263 g/mol. The van der Waals surface area contributed by atoms with E-state index in [1.807, 2.05) is 30.3 Å². The van der Waals surface area contributed by atoms with Crippen molar-refractivity contribution in [1.29, 1.82) is 5.26 Å². The molecular formula is C13H14ClN3O. The van der Waals surface area contributed by atoms with Crippen molar-refractivity contribution >= 4 is 29.2 Å². The molecule has 1 atom stereocenters. The van der Waals surface area contributed by atoms with Gasteiger partial charge in [-0.25, -0.2) is 0 Å². The largest absolute Gasteiger partial charge is 0.323 e. The molecule has 0 aliphatic carbocycles. The number of para-hydroxylation sites is 1. The molecule has 1 aromatic heterocycles. The molecule has 1 aromatic carbocycles. The summed E-state index contributed by atoms with van der Waals surface area (Å²) in [4.78, 5) is 11.5. The van der Waals surface area contributed by atoms with Crippen LogP contribution in [-0.4, -0.2) is 10.5 Å². The summed E-state index contributed by atoms with van der Waals surface area (Å²) in [5.74, 6) is -0.0587. The Morgan fingerprint density at radius 1 is 1.50 bits per heavy atom. The van der Waals surface area contributed by atoms with E-state index < -0.39 is 0 Å². The van der Waals surface area contributed by atoms with Gasteiger partial charge in [-0.15, -0.1) is 12.4 Å². The number of nitrogens with zero attached hydrogens (tertiary/aromatic N) is 2. The van der Waals surface area contributed by atoms with E-state index in [0.717, 1.165) is 16.5 Å². The molecule has 0 saturated carbocycles. The lowest BCUT2D eigenvalue weighted by molar-refractivity contribution is 0.0941. The van der Waals surface area contributed by atoms with Gasteiger partial charge in [0.15, 0.2) is 0 Å². The van der Waals surface area contributed by atoms with Crippen LogP contribution in [-0.2, 0) is 0 Å². The van der Waals surface area contributed by atoms with E-state index in [1.165, 1.54) is 6.92 Å². The first kappa shape index (κ1) is 14.2. The van der Waals surface area contributed by atoms with Gasteiger partial charge in [0, 0.05) is 24.5 Å². The van der Waals surface area contributed by atoms with Crippen molar-refractivity contribution in [3.8, 4) is 6.07 Å². The van der Waals surface area contributed by atoms with Crippen molar-refractivity contribution in [2.24, 2.45) is 5.73 Å². The van der Waals surface area contributed by atoms with Crippen LogP contribution in [0.25, 0.3) is 10.9 Å². The molecule has 2 N–H and O–H groups in total. The minimum absolute atomic E-state index is 0. The van der Waals surface area contributed by atoms with E-state index in [1.54, 1.807) is 10.8 Å². The van der Waals surface area contributed by atoms with E-state index in [9.17, 15) is 4.79 Å². The number of carbonyl (C=O) groups is 1. The molecule has 0 aliphatic rings. The summed E-state index contributed by atoms with van der Waals surface area (Å²) in [6, 6.07) is 9.26. The highest BCUT2D eigenvalue weighted by Gasteiger charge is 2.15. The van der Waals surface area contributed by atoms with Crippen LogP contribution >= 0.6 is 12.4 Å². The second kappa shape index (κ2) is 5.67. The first-order chi connectivity index (χ1) is 8.15. The van der Waals surface area contributed by atoms with E-state index >= 15 is 0 Å². The SMILES string of the molecule is CC(=O)n1cc([C@H](N)CC#N)c2ccccc21.Cl. The number of halogens is 1. The van der Waals surface area contributed by atoms with Crippen molar-refractivity contribution in [2.75, 3.05) is 0 Å². The lowest BCUT2D eigenvalue weighted by atomic mass is 10.0. The first-order valence-corrected chi connectivity index (χ1v) is 5.38. The van der Waals surface area contributed by atoms with Gasteiger partial charge in [-0.2, -0.15) is 5.26 Å². The van der Waals surface area contributed by atoms with Crippen molar-refractivity contribution in [3.05, 3.63) is 36.0 Å². The number of nitrogens with two attached hydrogens (primary N) is 1. The minimum Gasteiger partial charge on any atom is -0.323 e. The van der Waals surface area contributed by atoms with Crippen molar-refractivity contribution in [1.82, 2.24) is 4.57 Å². The topological polar surface area (TPSA) is 71.8 Å². The Bertz CT molecular complexity index is 612. The lowest BCUT2D eigenvalue weighted by Crippen LogP contribution is -2.09. The summed E-state index contributed by atoms with van der Waals surface area (Å²) in [5.41, 5.74) is 7.62. The number of benzene rings is 1. The Morgan fingerprint density at radius 3 is 2.78 bits per heavy atom. The van der Waals surface area contributed by atoms with E-state index in [0.29, 0.717) is 0 Å². The zero-order valence-electron chi connectivity index (χ0n) is 9.96. The number of hydrogen-bond donors (Lipinski definition) is 1. The Balaban J connectivity index is 0.00000162. The molecule has 4 nitrogen and oxygen atoms in total. The fourth-order valence-electron chi connectivity index (χ4n) is 1.97. The summed E-state index contributed by atoms with van der Waals surface area (Å²) in [5, 5.41) is 9.62. The van der Waals surface area contributed by atoms with Crippen LogP contribution in [0.1, 0.15) is 29.7 Å². The number of carbonyl (C=O) groups excluding carboxylic acids is 1. The molecule has 0 amide bonds. The van der Waals surface area contributed by atoms with E-state index in [-0.39, 0.29) is 30.8 Å². The average Bonchev–Trinajstić information content (AvgIpc) is 2.69. The van der Waals surface area contributed by atoms with Crippen LogP contribution in [0.2, 0.25) is 0 Å². The van der Waals surface area contributed by atoms with Gasteiger partial charge in [0.2, 0.25) is 5.91 Å². The van der Waals surface area contributed by atoms with Gasteiger partial charge in [0.1, 0.15) is 0 Å². The maximum absolute atomic E-state index is 11.5. The molecule has 2 rings (SSSR count). The molecule has 0 saturated heterocycles. The fourth-order valence-corrected chi connectivity index (χ4v) is 1.97. The number of rotatable bonds is 2. The predicted molar refractivity (Wildman–Crippen MR) is 72.6 cm³/mol. The summed E-state index contributed by atoms with van der Waals surface area (Å²) in [6.45, 7) is 1.51. The molecule has 0 radical (unpaired) electrons. The molecule has 0 aliphatic heterocycles. The third-order valence-corrected chi connectivity index (χ3v) is 2.79. The zero-order valence-corrected chi connectivity index (χ0v) is 10.8. The van der Waals surface area contributed by atoms with Crippen molar-refractivity contribution in [2.45, 2.75) is 19.4 Å². The highest BCUT2D eigenvalue weighted by atomic mass is 35.5. The second-order valence-corrected chi connectivity index (χ2v) is 3.96. The number of nitriles is 1. The molecule has 2 aromatic rings. The Hall–Kier alpha value is -1.83.